The van der Waals surface area contributed by atoms with E-state index in [1.54, 1.807) is 6.20 Å². The molecule has 3 heterocycles. The highest BCUT2D eigenvalue weighted by molar-refractivity contribution is 5.90. The summed E-state index contributed by atoms with van der Waals surface area (Å²) in [5.74, 6) is -1.27. The van der Waals surface area contributed by atoms with Crippen LogP contribution in [0.1, 0.15) is 29.4 Å². The lowest BCUT2D eigenvalue weighted by atomic mass is 10.1. The summed E-state index contributed by atoms with van der Waals surface area (Å²) in [7, 11) is 0. The summed E-state index contributed by atoms with van der Waals surface area (Å²) in [6.45, 7) is 1.95. The van der Waals surface area contributed by atoms with Crippen LogP contribution in [0.15, 0.2) is 18.6 Å². The molecule has 0 saturated carbocycles. The van der Waals surface area contributed by atoms with Gasteiger partial charge in [-0.15, -0.1) is 0 Å². The number of aromatic nitrogens is 4. The molecule has 8 nitrogen and oxygen atoms in total. The van der Waals surface area contributed by atoms with Gasteiger partial charge in [-0.1, -0.05) is 0 Å². The molecule has 2 aromatic rings. The van der Waals surface area contributed by atoms with Crippen molar-refractivity contribution in [2.45, 2.75) is 18.9 Å². The van der Waals surface area contributed by atoms with Crippen LogP contribution >= 0.6 is 0 Å². The van der Waals surface area contributed by atoms with Crippen molar-refractivity contribution in [3.63, 3.8) is 0 Å². The van der Waals surface area contributed by atoms with Crippen molar-refractivity contribution in [3.8, 4) is 11.3 Å². The number of carboxylic acids is 1. The van der Waals surface area contributed by atoms with E-state index < -0.39 is 5.97 Å². The molecule has 8 heteroatoms. The molecule has 0 radical (unpaired) electrons. The lowest BCUT2D eigenvalue weighted by Crippen LogP contribution is -2.29. The zero-order valence-corrected chi connectivity index (χ0v) is 11.4. The van der Waals surface area contributed by atoms with Crippen molar-refractivity contribution < 1.29 is 9.90 Å². The van der Waals surface area contributed by atoms with Gasteiger partial charge in [-0.25, -0.2) is 14.8 Å². The number of aromatic carboxylic acids is 1. The van der Waals surface area contributed by atoms with E-state index in [1.165, 1.54) is 6.20 Å². The quantitative estimate of drug-likeness (QED) is 0.754. The molecule has 0 unspecified atom stereocenters. The molecule has 21 heavy (non-hydrogen) atoms. The van der Waals surface area contributed by atoms with Gasteiger partial charge in [-0.05, 0) is 25.9 Å². The Hall–Kier alpha value is -2.48. The number of carboxylic acid groups (broad SMARTS) is 1. The van der Waals surface area contributed by atoms with Crippen LogP contribution in [0.2, 0.25) is 0 Å². The first kappa shape index (κ1) is 13.5. The third kappa shape index (κ3) is 2.70. The molecule has 0 bridgehead atoms. The second-order valence-electron chi connectivity index (χ2n) is 4.98. The summed E-state index contributed by atoms with van der Waals surface area (Å²) in [6, 6.07) is 0.362. The van der Waals surface area contributed by atoms with Crippen LogP contribution in [0.5, 0.6) is 0 Å². The van der Waals surface area contributed by atoms with E-state index in [2.05, 4.69) is 20.4 Å². The number of nitrogens with two attached hydrogens (primary N) is 1. The third-order valence-corrected chi connectivity index (χ3v) is 3.58. The maximum Gasteiger partial charge on any atom is 0.358 e. The first-order valence-electron chi connectivity index (χ1n) is 6.76. The van der Waals surface area contributed by atoms with Crippen molar-refractivity contribution in [1.29, 1.82) is 0 Å². The zero-order chi connectivity index (χ0) is 14.8. The number of hydrogen-bond donors (Lipinski definition) is 3. The summed E-state index contributed by atoms with van der Waals surface area (Å²) in [4.78, 5) is 19.0. The Morgan fingerprint density at radius 1 is 1.38 bits per heavy atom. The third-order valence-electron chi connectivity index (χ3n) is 3.58. The fourth-order valence-electron chi connectivity index (χ4n) is 2.44. The summed E-state index contributed by atoms with van der Waals surface area (Å²) >= 11 is 0. The Labute approximate surface area is 121 Å². The minimum atomic E-state index is -1.19. The highest BCUT2D eigenvalue weighted by atomic mass is 16.4. The lowest BCUT2D eigenvalue weighted by molar-refractivity contribution is 0.0691. The van der Waals surface area contributed by atoms with Crippen molar-refractivity contribution >= 4 is 11.8 Å². The number of rotatable bonds is 3. The molecular weight excluding hydrogens is 272 g/mol. The number of nitrogens with zero attached hydrogens (tertiary/aromatic N) is 4. The number of carbonyl (C=O) groups is 1. The van der Waals surface area contributed by atoms with E-state index >= 15 is 0 Å². The van der Waals surface area contributed by atoms with Crippen LogP contribution < -0.4 is 11.1 Å². The average molecular weight is 288 g/mol. The standard InChI is InChI=1S/C13H16N6O2/c14-12-11(13(20)21)18-10(6-16-12)8-5-17-19(7-8)9-1-3-15-4-2-9/h5-7,9,15H,1-4H2,(H2,14,16)(H,20,21). The highest BCUT2D eigenvalue weighted by Crippen LogP contribution is 2.22. The Bertz CT molecular complexity index is 662. The van der Waals surface area contributed by atoms with Crippen LogP contribution in [0.3, 0.4) is 0 Å². The van der Waals surface area contributed by atoms with Crippen molar-refractivity contribution in [2.24, 2.45) is 0 Å². The number of piperidine rings is 1. The van der Waals surface area contributed by atoms with Crippen molar-refractivity contribution in [2.75, 3.05) is 18.8 Å². The molecular formula is C13H16N6O2. The van der Waals surface area contributed by atoms with Crippen LogP contribution in [0, 0.1) is 0 Å². The van der Waals surface area contributed by atoms with Gasteiger partial charge in [-0.3, -0.25) is 4.68 Å². The van der Waals surface area contributed by atoms with Crippen LogP contribution in [-0.2, 0) is 0 Å². The smallest absolute Gasteiger partial charge is 0.358 e. The molecule has 0 atom stereocenters. The van der Waals surface area contributed by atoms with Gasteiger partial charge in [0.2, 0.25) is 0 Å². The molecule has 4 N–H and O–H groups in total. The van der Waals surface area contributed by atoms with E-state index in [4.69, 9.17) is 10.8 Å². The molecule has 1 fully saturated rings. The maximum absolute atomic E-state index is 11.0. The molecule has 0 aromatic carbocycles. The van der Waals surface area contributed by atoms with E-state index in [0.29, 0.717) is 11.7 Å². The van der Waals surface area contributed by atoms with Crippen molar-refractivity contribution in [3.05, 3.63) is 24.3 Å². The molecule has 0 aliphatic carbocycles. The molecule has 0 spiro atoms. The van der Waals surface area contributed by atoms with Gasteiger partial charge in [-0.2, -0.15) is 5.10 Å². The Morgan fingerprint density at radius 2 is 2.14 bits per heavy atom. The molecule has 3 rings (SSSR count). The number of nitrogens with one attached hydrogen (secondary N) is 1. The predicted molar refractivity (Wildman–Crippen MR) is 75.8 cm³/mol. The fourth-order valence-corrected chi connectivity index (χ4v) is 2.44. The van der Waals surface area contributed by atoms with Gasteiger partial charge >= 0.3 is 5.97 Å². The van der Waals surface area contributed by atoms with Crippen LogP contribution in [-0.4, -0.2) is 43.9 Å². The molecule has 1 aliphatic heterocycles. The molecule has 110 valence electrons. The summed E-state index contributed by atoms with van der Waals surface area (Å²) in [5.41, 5.74) is 6.47. The van der Waals surface area contributed by atoms with E-state index in [-0.39, 0.29) is 11.5 Å². The Balaban J connectivity index is 1.89. The second-order valence-corrected chi connectivity index (χ2v) is 4.98. The average Bonchev–Trinajstić information content (AvgIpc) is 2.98. The normalized spacial score (nSPS) is 16.0. The van der Waals surface area contributed by atoms with Crippen LogP contribution in [0.25, 0.3) is 11.3 Å². The maximum atomic E-state index is 11.0. The second kappa shape index (κ2) is 5.49. The van der Waals surface area contributed by atoms with Gasteiger partial charge in [0, 0.05) is 11.8 Å². The first-order valence-corrected chi connectivity index (χ1v) is 6.76. The van der Waals surface area contributed by atoms with Gasteiger partial charge < -0.3 is 16.2 Å². The minimum Gasteiger partial charge on any atom is -0.476 e. The zero-order valence-electron chi connectivity index (χ0n) is 11.4. The lowest BCUT2D eigenvalue weighted by Gasteiger charge is -2.22. The predicted octanol–water partition coefficient (Wildman–Crippen LogP) is 0.545. The SMILES string of the molecule is Nc1ncc(-c2cnn(C3CCNCC3)c2)nc1C(=O)O. The largest absolute Gasteiger partial charge is 0.476 e. The number of nitrogen functional groups attached to an aromatic ring is 1. The topological polar surface area (TPSA) is 119 Å². The Morgan fingerprint density at radius 3 is 2.86 bits per heavy atom. The number of hydrogen-bond acceptors (Lipinski definition) is 6. The van der Waals surface area contributed by atoms with E-state index in [0.717, 1.165) is 31.5 Å². The molecule has 0 amide bonds. The molecule has 2 aromatic heterocycles. The number of anilines is 1. The van der Waals surface area contributed by atoms with E-state index in [9.17, 15) is 4.79 Å². The minimum absolute atomic E-state index is 0.0861. The van der Waals surface area contributed by atoms with Gasteiger partial charge in [0.05, 0.1) is 24.1 Å². The van der Waals surface area contributed by atoms with Gasteiger partial charge in [0.1, 0.15) is 0 Å². The van der Waals surface area contributed by atoms with Crippen molar-refractivity contribution in [1.82, 2.24) is 25.1 Å². The molecule has 1 saturated heterocycles. The van der Waals surface area contributed by atoms with E-state index in [1.807, 2.05) is 10.9 Å². The monoisotopic (exact) mass is 288 g/mol. The van der Waals surface area contributed by atoms with Gasteiger partial charge in [0.25, 0.3) is 0 Å². The summed E-state index contributed by atoms with van der Waals surface area (Å²) in [5, 5.41) is 16.7. The summed E-state index contributed by atoms with van der Waals surface area (Å²) < 4.78 is 1.91. The fraction of sp³-hybridized carbons (Fsp3) is 0.385. The highest BCUT2D eigenvalue weighted by Gasteiger charge is 2.18. The Kier molecular flexibility index (Phi) is 3.53. The van der Waals surface area contributed by atoms with Crippen LogP contribution in [0.4, 0.5) is 5.82 Å². The summed E-state index contributed by atoms with van der Waals surface area (Å²) in [6.07, 6.45) is 7.06. The molecule has 1 aliphatic rings. The van der Waals surface area contributed by atoms with Gasteiger partial charge in [0.15, 0.2) is 11.5 Å². The first-order chi connectivity index (χ1) is 10.1.